The van der Waals surface area contributed by atoms with E-state index in [0.29, 0.717) is 16.3 Å². The predicted octanol–water partition coefficient (Wildman–Crippen LogP) is 5.65. The molecule has 0 bridgehead atoms. The van der Waals surface area contributed by atoms with E-state index < -0.39 is 29.3 Å². The van der Waals surface area contributed by atoms with Crippen molar-refractivity contribution in [1.82, 2.24) is 0 Å². The molecule has 1 aromatic heterocycles. The molecule has 0 spiro atoms. The molecule has 0 saturated carbocycles. The number of furan rings is 1. The normalized spacial score (nSPS) is 15.4. The fourth-order valence-electron chi connectivity index (χ4n) is 3.07. The number of aromatic carboxylic acids is 1. The number of carboxylic acids is 1. The molecule has 1 aliphatic rings. The van der Waals surface area contributed by atoms with E-state index in [-0.39, 0.29) is 22.0 Å². The van der Waals surface area contributed by atoms with Crippen molar-refractivity contribution in [2.45, 2.75) is 6.18 Å². The lowest BCUT2D eigenvalue weighted by Gasteiger charge is -2.12. The van der Waals surface area contributed by atoms with Gasteiger partial charge in [0.25, 0.3) is 5.91 Å². The second-order valence-corrected chi connectivity index (χ2v) is 7.07. The highest BCUT2D eigenvalue weighted by molar-refractivity contribution is 6.35. The molecule has 162 valence electrons. The number of hydrogen-bond donors (Lipinski definition) is 1. The molecule has 10 heteroatoms. The summed E-state index contributed by atoms with van der Waals surface area (Å²) < 4.78 is 46.4. The number of amides is 1. The molecule has 3 aromatic rings. The third-order valence-corrected chi connectivity index (χ3v) is 4.87. The number of carbonyl (C=O) groups is 2. The van der Waals surface area contributed by atoms with Gasteiger partial charge in [-0.15, -0.1) is 0 Å². The van der Waals surface area contributed by atoms with Crippen LogP contribution in [0.2, 0.25) is 5.02 Å². The molecular formula is C22H12ClF3N2O4. The maximum absolute atomic E-state index is 13.6. The second-order valence-electron chi connectivity index (χ2n) is 6.66. The molecule has 0 saturated heterocycles. The maximum atomic E-state index is 13.6. The van der Waals surface area contributed by atoms with Crippen LogP contribution in [0, 0.1) is 0 Å². The van der Waals surface area contributed by atoms with Crippen LogP contribution in [0.4, 0.5) is 18.9 Å². The zero-order chi connectivity index (χ0) is 23.0. The van der Waals surface area contributed by atoms with Gasteiger partial charge in [0.2, 0.25) is 0 Å². The first kappa shape index (κ1) is 21.4. The van der Waals surface area contributed by atoms with Gasteiger partial charge < -0.3 is 9.52 Å². The Bertz CT molecular complexity index is 1280. The summed E-state index contributed by atoms with van der Waals surface area (Å²) in [5, 5.41) is 13.0. The summed E-state index contributed by atoms with van der Waals surface area (Å²) in [5.41, 5.74) is -2.00. The van der Waals surface area contributed by atoms with Gasteiger partial charge in [-0.2, -0.15) is 23.3 Å². The third kappa shape index (κ3) is 4.02. The lowest BCUT2D eigenvalue weighted by atomic mass is 10.1. The molecule has 6 nitrogen and oxygen atoms in total. The van der Waals surface area contributed by atoms with Crippen molar-refractivity contribution in [2.75, 3.05) is 5.01 Å². The molecule has 32 heavy (non-hydrogen) atoms. The molecule has 0 fully saturated rings. The molecule has 1 N–H and O–H groups in total. The number of anilines is 1. The molecule has 2 heterocycles. The van der Waals surface area contributed by atoms with Crippen LogP contribution >= 0.6 is 11.6 Å². The van der Waals surface area contributed by atoms with Crippen molar-refractivity contribution in [3.8, 4) is 11.3 Å². The van der Waals surface area contributed by atoms with Crippen LogP contribution in [0.3, 0.4) is 0 Å². The Morgan fingerprint density at radius 3 is 2.47 bits per heavy atom. The molecule has 1 amide bonds. The van der Waals surface area contributed by atoms with Crippen LogP contribution in [0.25, 0.3) is 17.4 Å². The van der Waals surface area contributed by atoms with Crippen molar-refractivity contribution in [3.05, 3.63) is 82.6 Å². The molecule has 0 atom stereocenters. The Morgan fingerprint density at radius 2 is 1.81 bits per heavy atom. The molecule has 0 radical (unpaired) electrons. The first-order valence-electron chi connectivity index (χ1n) is 9.05. The fourth-order valence-corrected chi connectivity index (χ4v) is 3.27. The second kappa shape index (κ2) is 8.01. The summed E-state index contributed by atoms with van der Waals surface area (Å²) in [6, 6.07) is 15.2. The fraction of sp³-hybridized carbons (Fsp3) is 0.0455. The van der Waals surface area contributed by atoms with Gasteiger partial charge >= 0.3 is 12.1 Å². The van der Waals surface area contributed by atoms with Gasteiger partial charge in [0, 0.05) is 5.56 Å². The summed E-state index contributed by atoms with van der Waals surface area (Å²) >= 11 is 5.80. The Balaban J connectivity index is 1.74. The number of hydrazone groups is 1. The molecule has 2 aromatic carbocycles. The number of carboxylic acid groups (broad SMARTS) is 1. The van der Waals surface area contributed by atoms with Crippen LogP contribution < -0.4 is 5.01 Å². The van der Waals surface area contributed by atoms with Gasteiger partial charge in [-0.1, -0.05) is 41.9 Å². The summed E-state index contributed by atoms with van der Waals surface area (Å²) in [4.78, 5) is 24.1. The number of halogens is 4. The summed E-state index contributed by atoms with van der Waals surface area (Å²) in [7, 11) is 0. The average Bonchev–Trinajstić information content (AvgIpc) is 3.34. The number of nitrogens with zero attached hydrogens (tertiary/aromatic N) is 2. The number of benzene rings is 2. The van der Waals surface area contributed by atoms with Gasteiger partial charge in [-0.3, -0.25) is 4.79 Å². The van der Waals surface area contributed by atoms with E-state index in [1.54, 1.807) is 36.4 Å². The average molecular weight is 461 g/mol. The SMILES string of the molecule is O=C(O)c1cc(N2N=C(C(F)(F)F)C(=Cc3ccc(-c4ccccc4)o3)C2=O)ccc1Cl. The third-order valence-electron chi connectivity index (χ3n) is 4.54. The van der Waals surface area contributed by atoms with E-state index in [2.05, 4.69) is 5.10 Å². The first-order chi connectivity index (χ1) is 15.1. The highest BCUT2D eigenvalue weighted by Gasteiger charge is 2.47. The van der Waals surface area contributed by atoms with Crippen molar-refractivity contribution in [1.29, 1.82) is 0 Å². The Morgan fingerprint density at radius 1 is 1.09 bits per heavy atom. The van der Waals surface area contributed by atoms with E-state index in [0.717, 1.165) is 18.2 Å². The lowest BCUT2D eigenvalue weighted by Crippen LogP contribution is -2.25. The summed E-state index contributed by atoms with van der Waals surface area (Å²) in [5.74, 6) is -2.06. The number of carbonyl (C=O) groups excluding carboxylic acids is 1. The molecular weight excluding hydrogens is 449 g/mol. The van der Waals surface area contributed by atoms with Crippen LogP contribution in [-0.2, 0) is 4.79 Å². The largest absolute Gasteiger partial charge is 0.478 e. The quantitative estimate of drug-likeness (QED) is 0.510. The zero-order valence-corrected chi connectivity index (χ0v) is 16.7. The van der Waals surface area contributed by atoms with Crippen molar-refractivity contribution >= 4 is 41.0 Å². The monoisotopic (exact) mass is 460 g/mol. The lowest BCUT2D eigenvalue weighted by molar-refractivity contribution is -0.114. The van der Waals surface area contributed by atoms with E-state index in [4.69, 9.17) is 16.0 Å². The van der Waals surface area contributed by atoms with Gasteiger partial charge in [-0.25, -0.2) is 4.79 Å². The van der Waals surface area contributed by atoms with Crippen LogP contribution in [-0.4, -0.2) is 28.9 Å². The topological polar surface area (TPSA) is 83.1 Å². The van der Waals surface area contributed by atoms with Gasteiger partial charge in [-0.05, 0) is 36.4 Å². The predicted molar refractivity (Wildman–Crippen MR) is 112 cm³/mol. The summed E-state index contributed by atoms with van der Waals surface area (Å²) in [6.45, 7) is 0. The van der Waals surface area contributed by atoms with E-state index in [1.165, 1.54) is 12.1 Å². The first-order valence-corrected chi connectivity index (χ1v) is 9.43. The van der Waals surface area contributed by atoms with Crippen molar-refractivity contribution in [3.63, 3.8) is 0 Å². The number of hydrogen-bond acceptors (Lipinski definition) is 4. The Labute approximate surface area is 183 Å². The smallest absolute Gasteiger partial charge is 0.435 e. The highest BCUT2D eigenvalue weighted by Crippen LogP contribution is 2.34. The van der Waals surface area contributed by atoms with Gasteiger partial charge in [0.1, 0.15) is 11.5 Å². The molecule has 1 aliphatic heterocycles. The maximum Gasteiger partial charge on any atom is 0.435 e. The minimum Gasteiger partial charge on any atom is -0.478 e. The zero-order valence-electron chi connectivity index (χ0n) is 15.9. The standard InChI is InChI=1S/C22H12ClF3N2O4/c23-17-8-6-13(10-15(17)21(30)31)28-20(29)16(19(27-28)22(24,25)26)11-14-7-9-18(32-14)12-4-2-1-3-5-12/h1-11H,(H,30,31). The Hall–Kier alpha value is -3.85. The minimum absolute atomic E-state index is 0.0216. The Kier molecular flexibility index (Phi) is 5.35. The van der Waals surface area contributed by atoms with E-state index >= 15 is 0 Å². The van der Waals surface area contributed by atoms with Crippen LogP contribution in [0.5, 0.6) is 0 Å². The number of alkyl halides is 3. The van der Waals surface area contributed by atoms with E-state index in [9.17, 15) is 27.9 Å². The van der Waals surface area contributed by atoms with Gasteiger partial charge in [0.05, 0.1) is 21.8 Å². The number of rotatable bonds is 4. The van der Waals surface area contributed by atoms with Crippen LogP contribution in [0.1, 0.15) is 16.1 Å². The van der Waals surface area contributed by atoms with Crippen LogP contribution in [0.15, 0.2) is 75.8 Å². The van der Waals surface area contributed by atoms with E-state index in [1.807, 2.05) is 0 Å². The minimum atomic E-state index is -4.94. The molecule has 0 aliphatic carbocycles. The molecule has 0 unspecified atom stereocenters. The van der Waals surface area contributed by atoms with Crippen molar-refractivity contribution in [2.24, 2.45) is 5.10 Å². The highest BCUT2D eigenvalue weighted by atomic mass is 35.5. The molecule has 4 rings (SSSR count). The van der Waals surface area contributed by atoms with Gasteiger partial charge in [0.15, 0.2) is 5.71 Å². The summed E-state index contributed by atoms with van der Waals surface area (Å²) in [6.07, 6.45) is -3.98. The van der Waals surface area contributed by atoms with Crippen molar-refractivity contribution < 1.29 is 32.3 Å².